The Morgan fingerprint density at radius 3 is 2.24 bits per heavy atom. The molecule has 4 heteroatoms. The van der Waals surface area contributed by atoms with Crippen LogP contribution in [-0.2, 0) is 9.63 Å². The highest BCUT2D eigenvalue weighted by Gasteiger charge is 2.26. The normalized spacial score (nSPS) is 18.5. The van der Waals surface area contributed by atoms with E-state index < -0.39 is 0 Å². The molecule has 1 atom stereocenters. The van der Waals surface area contributed by atoms with Gasteiger partial charge in [0.15, 0.2) is 6.61 Å². The van der Waals surface area contributed by atoms with E-state index in [-0.39, 0.29) is 12.5 Å². The Kier molecular flexibility index (Phi) is 4.26. The van der Waals surface area contributed by atoms with Gasteiger partial charge in [-0.25, -0.2) is 0 Å². The van der Waals surface area contributed by atoms with Crippen molar-refractivity contribution < 1.29 is 9.63 Å². The average molecular weight is 334 g/mol. The highest BCUT2D eigenvalue weighted by atomic mass is 16.6. The van der Waals surface area contributed by atoms with E-state index in [1.54, 1.807) is 0 Å². The smallest absolute Gasteiger partial charge is 0.263 e. The van der Waals surface area contributed by atoms with Crippen molar-refractivity contribution in [2.24, 2.45) is 5.16 Å². The van der Waals surface area contributed by atoms with Crippen molar-refractivity contribution >= 4 is 11.6 Å². The topological polar surface area (TPSA) is 41.9 Å². The van der Waals surface area contributed by atoms with Gasteiger partial charge in [-0.3, -0.25) is 4.79 Å². The maximum atomic E-state index is 12.4. The van der Waals surface area contributed by atoms with E-state index in [1.165, 1.54) is 6.42 Å². The molecule has 2 aromatic carbocycles. The minimum absolute atomic E-state index is 0.00181. The Balaban J connectivity index is 1.53. The van der Waals surface area contributed by atoms with Gasteiger partial charge in [0.1, 0.15) is 5.71 Å². The van der Waals surface area contributed by atoms with Gasteiger partial charge in [0.05, 0.1) is 0 Å². The van der Waals surface area contributed by atoms with E-state index in [4.69, 9.17) is 4.84 Å². The number of amides is 1. The minimum atomic E-state index is -0.00181. The zero-order valence-corrected chi connectivity index (χ0v) is 14.4. The molecule has 0 aromatic heterocycles. The van der Waals surface area contributed by atoms with Crippen molar-refractivity contribution in [1.29, 1.82) is 0 Å². The van der Waals surface area contributed by atoms with Crippen LogP contribution in [0.25, 0.3) is 11.1 Å². The number of hydrogen-bond acceptors (Lipinski definition) is 3. The number of carbonyl (C=O) groups excluding carboxylic acids is 1. The summed E-state index contributed by atoms with van der Waals surface area (Å²) in [6.07, 6.45) is 3.34. The summed E-state index contributed by atoms with van der Waals surface area (Å²) in [6.45, 7) is 2.93. The van der Waals surface area contributed by atoms with E-state index in [2.05, 4.69) is 24.2 Å². The Hall–Kier alpha value is -2.62. The molecule has 1 aliphatic carbocycles. The molecular formula is C21H22N2O2. The number of nitrogens with zero attached hydrogens (tertiary/aromatic N) is 2. The summed E-state index contributed by atoms with van der Waals surface area (Å²) in [5, 5.41) is 4.33. The number of hydrogen-bond donors (Lipinski definition) is 0. The quantitative estimate of drug-likeness (QED) is 0.683. The molecule has 1 amide bonds. The lowest BCUT2D eigenvalue weighted by atomic mass is 10.0. The maximum Gasteiger partial charge on any atom is 0.263 e. The molecule has 25 heavy (non-hydrogen) atoms. The van der Waals surface area contributed by atoms with E-state index in [9.17, 15) is 4.79 Å². The second kappa shape index (κ2) is 6.71. The Labute approximate surface area is 148 Å². The molecule has 0 saturated carbocycles. The number of fused-ring (bicyclic) bond motifs is 3. The average Bonchev–Trinajstić information content (AvgIpc) is 2.96. The number of piperidine rings is 1. The molecule has 4 rings (SSSR count). The fraction of sp³-hybridized carbons (Fsp3) is 0.333. The summed E-state index contributed by atoms with van der Waals surface area (Å²) in [7, 11) is 0. The van der Waals surface area contributed by atoms with E-state index >= 15 is 0 Å². The van der Waals surface area contributed by atoms with E-state index in [1.807, 2.05) is 41.3 Å². The van der Waals surface area contributed by atoms with Crippen LogP contribution in [0.15, 0.2) is 53.7 Å². The molecule has 0 N–H and O–H groups in total. The monoisotopic (exact) mass is 334 g/mol. The summed E-state index contributed by atoms with van der Waals surface area (Å²) >= 11 is 0. The summed E-state index contributed by atoms with van der Waals surface area (Å²) < 4.78 is 0. The van der Waals surface area contributed by atoms with Crippen LogP contribution in [0.3, 0.4) is 0 Å². The summed E-state index contributed by atoms with van der Waals surface area (Å²) in [5.41, 5.74) is 5.25. The minimum Gasteiger partial charge on any atom is -0.385 e. The van der Waals surface area contributed by atoms with Gasteiger partial charge >= 0.3 is 0 Å². The van der Waals surface area contributed by atoms with Gasteiger partial charge in [-0.05, 0) is 37.3 Å². The van der Waals surface area contributed by atoms with Crippen molar-refractivity contribution in [3.05, 3.63) is 59.7 Å². The third kappa shape index (κ3) is 2.93. The molecule has 0 bridgehead atoms. The van der Waals surface area contributed by atoms with Gasteiger partial charge in [0, 0.05) is 23.7 Å². The van der Waals surface area contributed by atoms with Crippen molar-refractivity contribution in [2.75, 3.05) is 13.2 Å². The van der Waals surface area contributed by atoms with Crippen LogP contribution in [0.5, 0.6) is 0 Å². The fourth-order valence-corrected chi connectivity index (χ4v) is 3.80. The van der Waals surface area contributed by atoms with Gasteiger partial charge in [0.2, 0.25) is 0 Å². The lowest BCUT2D eigenvalue weighted by Gasteiger charge is -2.32. The van der Waals surface area contributed by atoms with Gasteiger partial charge < -0.3 is 9.74 Å². The highest BCUT2D eigenvalue weighted by Crippen LogP contribution is 2.36. The van der Waals surface area contributed by atoms with Crippen LogP contribution in [0.1, 0.15) is 37.3 Å². The lowest BCUT2D eigenvalue weighted by Crippen LogP contribution is -2.43. The summed E-state index contributed by atoms with van der Waals surface area (Å²) in [4.78, 5) is 19.8. The van der Waals surface area contributed by atoms with Crippen molar-refractivity contribution in [1.82, 2.24) is 4.90 Å². The van der Waals surface area contributed by atoms with Gasteiger partial charge in [-0.15, -0.1) is 0 Å². The molecule has 0 radical (unpaired) electrons. The summed E-state index contributed by atoms with van der Waals surface area (Å²) in [6, 6.07) is 16.6. The first-order valence-electron chi connectivity index (χ1n) is 8.94. The molecule has 4 nitrogen and oxygen atoms in total. The zero-order valence-electron chi connectivity index (χ0n) is 14.4. The predicted molar refractivity (Wildman–Crippen MR) is 98.5 cm³/mol. The van der Waals surface area contributed by atoms with Gasteiger partial charge in [0.25, 0.3) is 5.91 Å². The molecule has 1 heterocycles. The second-order valence-corrected chi connectivity index (χ2v) is 6.74. The molecule has 1 fully saturated rings. The highest BCUT2D eigenvalue weighted by molar-refractivity contribution is 6.24. The molecular weight excluding hydrogens is 312 g/mol. The Bertz CT molecular complexity index is 781. The number of rotatable bonds is 3. The van der Waals surface area contributed by atoms with Gasteiger partial charge in [-0.1, -0.05) is 53.7 Å². The standard InChI is InChI=1S/C21H22N2O2/c1-15-8-6-7-13-23(15)20(24)14-25-22-21-18-11-4-2-9-16(18)17-10-3-5-12-19(17)21/h2-5,9-12,15H,6-8,13-14H2,1H3/t15-/m1/s1. The first kappa shape index (κ1) is 15.9. The molecule has 2 aromatic rings. The van der Waals surface area contributed by atoms with Crippen LogP contribution in [-0.4, -0.2) is 35.7 Å². The molecule has 0 unspecified atom stereocenters. The lowest BCUT2D eigenvalue weighted by molar-refractivity contribution is -0.139. The molecule has 1 aliphatic heterocycles. The first-order chi connectivity index (χ1) is 12.3. The van der Waals surface area contributed by atoms with Gasteiger partial charge in [-0.2, -0.15) is 0 Å². The third-order valence-electron chi connectivity index (χ3n) is 5.12. The fourth-order valence-electron chi connectivity index (χ4n) is 3.80. The Morgan fingerprint density at radius 1 is 1.04 bits per heavy atom. The van der Waals surface area contributed by atoms with Crippen LogP contribution in [0, 0.1) is 0 Å². The number of likely N-dealkylation sites (tertiary alicyclic amines) is 1. The van der Waals surface area contributed by atoms with Crippen LogP contribution in [0.4, 0.5) is 0 Å². The number of oxime groups is 1. The molecule has 128 valence electrons. The molecule has 0 spiro atoms. The van der Waals surface area contributed by atoms with Crippen LogP contribution in [0.2, 0.25) is 0 Å². The predicted octanol–water partition coefficient (Wildman–Crippen LogP) is 3.84. The molecule has 2 aliphatic rings. The van der Waals surface area contributed by atoms with Crippen molar-refractivity contribution in [3.63, 3.8) is 0 Å². The van der Waals surface area contributed by atoms with E-state index in [0.29, 0.717) is 6.04 Å². The first-order valence-corrected chi connectivity index (χ1v) is 8.94. The van der Waals surface area contributed by atoms with Crippen LogP contribution >= 0.6 is 0 Å². The number of carbonyl (C=O) groups is 1. The van der Waals surface area contributed by atoms with Crippen molar-refractivity contribution in [3.8, 4) is 11.1 Å². The molecule has 1 saturated heterocycles. The van der Waals surface area contributed by atoms with Crippen LogP contribution < -0.4 is 0 Å². The Morgan fingerprint density at radius 2 is 1.64 bits per heavy atom. The third-order valence-corrected chi connectivity index (χ3v) is 5.12. The van der Waals surface area contributed by atoms with E-state index in [0.717, 1.165) is 47.4 Å². The van der Waals surface area contributed by atoms with Crippen molar-refractivity contribution in [2.45, 2.75) is 32.2 Å². The summed E-state index contributed by atoms with van der Waals surface area (Å²) in [5.74, 6) is 0.0242. The largest absolute Gasteiger partial charge is 0.385 e. The number of benzene rings is 2. The second-order valence-electron chi connectivity index (χ2n) is 6.74. The SMILES string of the molecule is C[C@@H]1CCCCN1C(=O)CON=C1c2ccccc2-c2ccccc21. The zero-order chi connectivity index (χ0) is 17.2. The maximum absolute atomic E-state index is 12.4.